The Morgan fingerprint density at radius 1 is 1.14 bits per heavy atom. The fraction of sp³-hybridized carbons (Fsp3) is 0.750. The Bertz CT molecular complexity index is 440. The minimum absolute atomic E-state index is 0.478. The third-order valence-corrected chi connectivity index (χ3v) is 4.66. The molecule has 0 saturated carbocycles. The summed E-state index contributed by atoms with van der Waals surface area (Å²) in [6, 6.07) is 0.478. The van der Waals surface area contributed by atoms with Crippen LogP contribution in [0.2, 0.25) is 0 Å². The van der Waals surface area contributed by atoms with Crippen LogP contribution in [0.15, 0.2) is 12.4 Å². The molecule has 0 aromatic carbocycles. The topological polar surface area (TPSA) is 50.3 Å². The predicted molar refractivity (Wildman–Crippen MR) is 83.4 cm³/mol. The summed E-state index contributed by atoms with van der Waals surface area (Å²) in [7, 11) is 2.21. The highest BCUT2D eigenvalue weighted by molar-refractivity contribution is 5.40. The zero-order valence-corrected chi connectivity index (χ0v) is 12.9. The van der Waals surface area contributed by atoms with Crippen molar-refractivity contribution in [2.24, 2.45) is 5.92 Å². The van der Waals surface area contributed by atoms with E-state index in [1.807, 2.05) is 6.20 Å². The zero-order chi connectivity index (χ0) is 14.5. The molecule has 2 aliphatic rings. The molecule has 21 heavy (non-hydrogen) atoms. The summed E-state index contributed by atoms with van der Waals surface area (Å²) in [6.45, 7) is 4.10. The molecule has 116 valence electrons. The van der Waals surface area contributed by atoms with E-state index >= 15 is 0 Å². The quantitative estimate of drug-likeness (QED) is 0.918. The van der Waals surface area contributed by atoms with Crippen molar-refractivity contribution in [2.45, 2.75) is 38.1 Å². The molecule has 5 heteroatoms. The molecule has 1 aromatic rings. The molecular formula is C16H26N4O. The molecule has 3 heterocycles. The van der Waals surface area contributed by atoms with Crippen LogP contribution in [0.25, 0.3) is 0 Å². The first-order chi connectivity index (χ1) is 10.3. The molecule has 0 aliphatic carbocycles. The van der Waals surface area contributed by atoms with Crippen molar-refractivity contribution >= 4 is 5.82 Å². The molecule has 3 rings (SSSR count). The largest absolute Gasteiger partial charge is 0.381 e. The number of likely N-dealkylation sites (tertiary alicyclic amines) is 1. The molecule has 0 spiro atoms. The fourth-order valence-corrected chi connectivity index (χ4v) is 3.21. The molecule has 0 atom stereocenters. The lowest BCUT2D eigenvalue weighted by molar-refractivity contribution is 0.0903. The number of anilines is 1. The van der Waals surface area contributed by atoms with E-state index in [1.165, 1.54) is 25.9 Å². The van der Waals surface area contributed by atoms with Gasteiger partial charge in [-0.15, -0.1) is 0 Å². The number of hydrogen-bond donors (Lipinski definition) is 1. The molecular weight excluding hydrogens is 264 g/mol. The first-order valence-corrected chi connectivity index (χ1v) is 8.14. The van der Waals surface area contributed by atoms with Crippen molar-refractivity contribution in [1.82, 2.24) is 14.9 Å². The van der Waals surface area contributed by atoms with Crippen LogP contribution >= 0.6 is 0 Å². The van der Waals surface area contributed by atoms with Gasteiger partial charge >= 0.3 is 0 Å². The van der Waals surface area contributed by atoms with Crippen LogP contribution in [0.1, 0.15) is 31.4 Å². The lowest BCUT2D eigenvalue weighted by Crippen LogP contribution is -2.32. The Balaban J connectivity index is 1.61. The van der Waals surface area contributed by atoms with Crippen molar-refractivity contribution in [3.8, 4) is 0 Å². The highest BCUT2D eigenvalue weighted by Crippen LogP contribution is 2.23. The van der Waals surface area contributed by atoms with Crippen LogP contribution in [-0.4, -0.2) is 54.3 Å². The van der Waals surface area contributed by atoms with Crippen LogP contribution < -0.4 is 5.32 Å². The summed E-state index contributed by atoms with van der Waals surface area (Å²) in [5.41, 5.74) is 1.14. The van der Waals surface area contributed by atoms with Gasteiger partial charge in [-0.1, -0.05) is 0 Å². The van der Waals surface area contributed by atoms with Gasteiger partial charge in [-0.05, 0) is 58.2 Å². The molecule has 1 N–H and O–H groups in total. The maximum absolute atomic E-state index is 5.42. The van der Waals surface area contributed by atoms with Crippen LogP contribution in [0.3, 0.4) is 0 Å². The second-order valence-corrected chi connectivity index (χ2v) is 6.33. The second-order valence-electron chi connectivity index (χ2n) is 6.33. The number of hydrogen-bond acceptors (Lipinski definition) is 5. The molecule has 0 amide bonds. The summed E-state index contributed by atoms with van der Waals surface area (Å²) in [4.78, 5) is 11.5. The first-order valence-electron chi connectivity index (χ1n) is 8.14. The van der Waals surface area contributed by atoms with Crippen LogP contribution in [-0.2, 0) is 11.2 Å². The number of ether oxygens (including phenoxy) is 1. The average molecular weight is 290 g/mol. The average Bonchev–Trinajstić information content (AvgIpc) is 2.52. The van der Waals surface area contributed by atoms with Crippen LogP contribution in [0, 0.1) is 5.92 Å². The highest BCUT2D eigenvalue weighted by atomic mass is 16.5. The summed E-state index contributed by atoms with van der Waals surface area (Å²) in [5.74, 6) is 1.73. The van der Waals surface area contributed by atoms with Crippen molar-refractivity contribution in [3.63, 3.8) is 0 Å². The van der Waals surface area contributed by atoms with Gasteiger partial charge in [0.2, 0.25) is 0 Å². The highest BCUT2D eigenvalue weighted by Gasteiger charge is 2.21. The number of nitrogens with zero attached hydrogens (tertiary/aromatic N) is 3. The van der Waals surface area contributed by atoms with Gasteiger partial charge in [-0.2, -0.15) is 0 Å². The number of rotatable bonds is 4. The Hall–Kier alpha value is -1.20. The van der Waals surface area contributed by atoms with E-state index in [0.717, 1.165) is 49.9 Å². The Morgan fingerprint density at radius 3 is 2.62 bits per heavy atom. The lowest BCUT2D eigenvalue weighted by Gasteiger charge is -2.29. The third-order valence-electron chi connectivity index (χ3n) is 4.66. The van der Waals surface area contributed by atoms with Gasteiger partial charge in [0.25, 0.3) is 0 Å². The van der Waals surface area contributed by atoms with E-state index in [9.17, 15) is 0 Å². The van der Waals surface area contributed by atoms with Crippen molar-refractivity contribution < 1.29 is 4.74 Å². The Kier molecular flexibility index (Phi) is 5.04. The normalized spacial score (nSPS) is 22.3. The Labute approximate surface area is 127 Å². The van der Waals surface area contributed by atoms with E-state index in [-0.39, 0.29) is 0 Å². The molecule has 0 bridgehead atoms. The smallest absolute Gasteiger partial charge is 0.147 e. The minimum Gasteiger partial charge on any atom is -0.381 e. The molecule has 0 unspecified atom stereocenters. The summed E-state index contributed by atoms with van der Waals surface area (Å²) < 4.78 is 5.42. The predicted octanol–water partition coefficient (Wildman–Crippen LogP) is 1.95. The van der Waals surface area contributed by atoms with Gasteiger partial charge in [0.15, 0.2) is 0 Å². The molecule has 2 saturated heterocycles. The summed E-state index contributed by atoms with van der Waals surface area (Å²) in [6.07, 6.45) is 9.31. The van der Waals surface area contributed by atoms with Gasteiger partial charge in [0.05, 0.1) is 5.69 Å². The lowest BCUT2D eigenvalue weighted by atomic mass is 9.92. The molecule has 1 aromatic heterocycles. The second kappa shape index (κ2) is 7.18. The summed E-state index contributed by atoms with van der Waals surface area (Å²) in [5, 5.41) is 3.58. The van der Waals surface area contributed by atoms with Crippen molar-refractivity contribution in [1.29, 1.82) is 0 Å². The van der Waals surface area contributed by atoms with Gasteiger partial charge in [-0.3, -0.25) is 4.98 Å². The minimum atomic E-state index is 0.478. The Morgan fingerprint density at radius 2 is 1.86 bits per heavy atom. The zero-order valence-electron chi connectivity index (χ0n) is 12.9. The number of nitrogens with one attached hydrogen (secondary N) is 1. The van der Waals surface area contributed by atoms with Gasteiger partial charge in [0.1, 0.15) is 5.82 Å². The van der Waals surface area contributed by atoms with E-state index in [2.05, 4.69) is 27.2 Å². The first kappa shape index (κ1) is 14.7. The molecule has 5 nitrogen and oxygen atoms in total. The van der Waals surface area contributed by atoms with Crippen LogP contribution in [0.4, 0.5) is 5.82 Å². The molecule has 2 fully saturated rings. The maximum atomic E-state index is 5.42. The molecule has 2 aliphatic heterocycles. The number of aromatic nitrogens is 2. The third kappa shape index (κ3) is 4.14. The van der Waals surface area contributed by atoms with Crippen molar-refractivity contribution in [3.05, 3.63) is 18.1 Å². The standard InChI is InChI=1S/C16H26N4O/c1-20-8-2-13(3-9-20)12-15-16(18-7-6-17-15)19-14-4-10-21-11-5-14/h6-7,13-14H,2-5,8-12H2,1H3,(H,18,19). The van der Waals surface area contributed by atoms with Gasteiger partial charge in [-0.25, -0.2) is 4.98 Å². The van der Waals surface area contributed by atoms with Crippen molar-refractivity contribution in [2.75, 3.05) is 38.7 Å². The number of piperidine rings is 1. The van der Waals surface area contributed by atoms with E-state index in [4.69, 9.17) is 4.74 Å². The van der Waals surface area contributed by atoms with Gasteiger partial charge < -0.3 is 15.0 Å². The van der Waals surface area contributed by atoms with E-state index < -0.39 is 0 Å². The van der Waals surface area contributed by atoms with E-state index in [1.54, 1.807) is 6.20 Å². The van der Waals surface area contributed by atoms with Crippen LogP contribution in [0.5, 0.6) is 0 Å². The van der Waals surface area contributed by atoms with Gasteiger partial charge in [0, 0.05) is 31.6 Å². The fourth-order valence-electron chi connectivity index (χ4n) is 3.21. The monoisotopic (exact) mass is 290 g/mol. The molecule has 0 radical (unpaired) electrons. The SMILES string of the molecule is CN1CCC(Cc2nccnc2NC2CCOCC2)CC1. The van der Waals surface area contributed by atoms with E-state index in [0.29, 0.717) is 6.04 Å². The maximum Gasteiger partial charge on any atom is 0.147 e. The summed E-state index contributed by atoms with van der Waals surface area (Å²) >= 11 is 0.